The summed E-state index contributed by atoms with van der Waals surface area (Å²) < 4.78 is 7.09. The van der Waals surface area contributed by atoms with Crippen LogP contribution in [0.5, 0.6) is 0 Å². The Bertz CT molecular complexity index is 910. The number of anilines is 1. The van der Waals surface area contributed by atoms with Crippen molar-refractivity contribution in [3.63, 3.8) is 0 Å². The number of nitrogens with zero attached hydrogens (tertiary/aromatic N) is 5. The highest BCUT2D eigenvalue weighted by Gasteiger charge is 2.30. The van der Waals surface area contributed by atoms with Gasteiger partial charge < -0.3 is 9.64 Å². The summed E-state index contributed by atoms with van der Waals surface area (Å²) in [5, 5.41) is 4.66. The molecule has 0 N–H and O–H groups in total. The highest BCUT2D eigenvalue weighted by molar-refractivity contribution is 5.51. The van der Waals surface area contributed by atoms with Gasteiger partial charge in [0.05, 0.1) is 31.5 Å². The van der Waals surface area contributed by atoms with Crippen LogP contribution in [0.4, 0.5) is 5.82 Å². The standard InChI is InChI=1S/C20H25N5O2/c26-19-10-14-12-27-9-7-17(14)23-25(19)11-15-4-3-8-24(15)20-16-5-1-2-6-18(16)21-13-22-20/h10,13,15H,1-9,11-12H2. The molecule has 0 aromatic carbocycles. The molecule has 3 aliphatic rings. The molecule has 2 aliphatic heterocycles. The highest BCUT2D eigenvalue weighted by Crippen LogP contribution is 2.32. The van der Waals surface area contributed by atoms with Gasteiger partial charge in [0.1, 0.15) is 12.1 Å². The molecule has 7 nitrogen and oxygen atoms in total. The Hall–Kier alpha value is -2.28. The van der Waals surface area contributed by atoms with E-state index in [-0.39, 0.29) is 11.6 Å². The Labute approximate surface area is 158 Å². The summed E-state index contributed by atoms with van der Waals surface area (Å²) in [5.74, 6) is 1.08. The number of ether oxygens (including phenoxy) is 1. The molecule has 0 saturated carbocycles. The number of hydrogen-bond acceptors (Lipinski definition) is 6. The maximum atomic E-state index is 12.6. The van der Waals surface area contributed by atoms with E-state index in [2.05, 4.69) is 20.0 Å². The SMILES string of the molecule is O=c1cc2c(nn1CC1CCCN1c1ncnc3c1CCCC3)CCOC2. The van der Waals surface area contributed by atoms with Crippen molar-refractivity contribution in [1.82, 2.24) is 19.7 Å². The van der Waals surface area contributed by atoms with Gasteiger partial charge in [0.25, 0.3) is 5.56 Å². The zero-order valence-corrected chi connectivity index (χ0v) is 15.6. The molecule has 27 heavy (non-hydrogen) atoms. The number of hydrogen-bond donors (Lipinski definition) is 0. The Morgan fingerprint density at radius 1 is 1.11 bits per heavy atom. The van der Waals surface area contributed by atoms with Gasteiger partial charge in [0, 0.05) is 35.9 Å². The molecule has 2 aromatic heterocycles. The Balaban J connectivity index is 1.44. The highest BCUT2D eigenvalue weighted by atomic mass is 16.5. The van der Waals surface area contributed by atoms with Gasteiger partial charge in [0.15, 0.2) is 0 Å². The maximum absolute atomic E-state index is 12.6. The first-order chi connectivity index (χ1) is 13.3. The molecule has 1 aliphatic carbocycles. The minimum absolute atomic E-state index is 0.0317. The molecule has 1 atom stereocenters. The van der Waals surface area contributed by atoms with Crippen LogP contribution in [0.2, 0.25) is 0 Å². The molecule has 0 bridgehead atoms. The van der Waals surface area contributed by atoms with Crippen LogP contribution < -0.4 is 10.5 Å². The van der Waals surface area contributed by atoms with Crippen molar-refractivity contribution >= 4 is 5.82 Å². The molecule has 142 valence electrons. The minimum atomic E-state index is -0.0317. The van der Waals surface area contributed by atoms with Crippen molar-refractivity contribution < 1.29 is 4.74 Å². The van der Waals surface area contributed by atoms with Crippen LogP contribution in [0, 0.1) is 0 Å². The molecule has 5 rings (SSSR count). The largest absolute Gasteiger partial charge is 0.376 e. The van der Waals surface area contributed by atoms with E-state index in [1.807, 2.05) is 0 Å². The lowest BCUT2D eigenvalue weighted by atomic mass is 9.96. The molecule has 0 spiro atoms. The summed E-state index contributed by atoms with van der Waals surface area (Å²) in [4.78, 5) is 24.1. The monoisotopic (exact) mass is 367 g/mol. The summed E-state index contributed by atoms with van der Waals surface area (Å²) in [6, 6.07) is 1.96. The van der Waals surface area contributed by atoms with Gasteiger partial charge in [0.2, 0.25) is 0 Å². The lowest BCUT2D eigenvalue weighted by Crippen LogP contribution is -2.39. The number of aryl methyl sites for hydroxylation is 1. The van der Waals surface area contributed by atoms with Gasteiger partial charge in [-0.25, -0.2) is 14.6 Å². The van der Waals surface area contributed by atoms with E-state index >= 15 is 0 Å². The first-order valence-corrected chi connectivity index (χ1v) is 10.1. The van der Waals surface area contributed by atoms with Gasteiger partial charge in [-0.1, -0.05) is 0 Å². The molecular formula is C20H25N5O2. The van der Waals surface area contributed by atoms with Crippen LogP contribution in [0.25, 0.3) is 0 Å². The van der Waals surface area contributed by atoms with E-state index in [1.165, 1.54) is 24.1 Å². The van der Waals surface area contributed by atoms with Crippen LogP contribution in [0.15, 0.2) is 17.2 Å². The van der Waals surface area contributed by atoms with Crippen LogP contribution in [-0.4, -0.2) is 38.9 Å². The first kappa shape index (κ1) is 16.9. The Morgan fingerprint density at radius 3 is 3.00 bits per heavy atom. The Kier molecular flexibility index (Phi) is 4.39. The summed E-state index contributed by atoms with van der Waals surface area (Å²) in [6.07, 6.45) is 9.21. The molecule has 4 heterocycles. The van der Waals surface area contributed by atoms with Gasteiger partial charge in [-0.05, 0) is 38.5 Å². The van der Waals surface area contributed by atoms with Crippen molar-refractivity contribution in [2.24, 2.45) is 0 Å². The van der Waals surface area contributed by atoms with Crippen molar-refractivity contribution in [3.05, 3.63) is 45.3 Å². The number of aromatic nitrogens is 4. The van der Waals surface area contributed by atoms with Crippen molar-refractivity contribution in [2.75, 3.05) is 18.1 Å². The van der Waals surface area contributed by atoms with E-state index in [0.29, 0.717) is 19.8 Å². The molecule has 1 saturated heterocycles. The van der Waals surface area contributed by atoms with Crippen molar-refractivity contribution in [1.29, 1.82) is 0 Å². The second-order valence-electron chi connectivity index (χ2n) is 7.76. The Morgan fingerprint density at radius 2 is 2.04 bits per heavy atom. The zero-order valence-electron chi connectivity index (χ0n) is 15.6. The third kappa shape index (κ3) is 3.14. The average molecular weight is 367 g/mol. The maximum Gasteiger partial charge on any atom is 0.267 e. The smallest absolute Gasteiger partial charge is 0.267 e. The van der Waals surface area contributed by atoms with Gasteiger partial charge >= 0.3 is 0 Å². The first-order valence-electron chi connectivity index (χ1n) is 10.1. The molecule has 7 heteroatoms. The molecule has 0 amide bonds. The van der Waals surface area contributed by atoms with E-state index in [1.54, 1.807) is 17.1 Å². The second-order valence-corrected chi connectivity index (χ2v) is 7.76. The average Bonchev–Trinajstić information content (AvgIpc) is 3.16. The van der Waals surface area contributed by atoms with E-state index in [4.69, 9.17) is 4.74 Å². The summed E-state index contributed by atoms with van der Waals surface area (Å²) in [7, 11) is 0. The van der Waals surface area contributed by atoms with E-state index < -0.39 is 0 Å². The molecule has 1 unspecified atom stereocenters. The topological polar surface area (TPSA) is 73.1 Å². The van der Waals surface area contributed by atoms with Crippen molar-refractivity contribution in [2.45, 2.75) is 64.1 Å². The van der Waals surface area contributed by atoms with Crippen LogP contribution in [0.3, 0.4) is 0 Å². The normalized spacial score (nSPS) is 21.8. The van der Waals surface area contributed by atoms with Crippen molar-refractivity contribution in [3.8, 4) is 0 Å². The summed E-state index contributed by atoms with van der Waals surface area (Å²) in [6.45, 7) is 2.79. The third-order valence-electron chi connectivity index (χ3n) is 6.04. The fraction of sp³-hybridized carbons (Fsp3) is 0.600. The fourth-order valence-electron chi connectivity index (χ4n) is 4.64. The lowest BCUT2D eigenvalue weighted by molar-refractivity contribution is 0.108. The van der Waals surface area contributed by atoms with Crippen LogP contribution in [0.1, 0.15) is 48.2 Å². The molecule has 2 aromatic rings. The van der Waals surface area contributed by atoms with Gasteiger partial charge in [-0.3, -0.25) is 4.79 Å². The van der Waals surface area contributed by atoms with Gasteiger partial charge in [-0.2, -0.15) is 5.10 Å². The second kappa shape index (κ2) is 7.03. The van der Waals surface area contributed by atoms with Crippen LogP contribution >= 0.6 is 0 Å². The minimum Gasteiger partial charge on any atom is -0.376 e. The predicted octanol–water partition coefficient (Wildman–Crippen LogP) is 1.65. The van der Waals surface area contributed by atoms with E-state index in [9.17, 15) is 4.79 Å². The summed E-state index contributed by atoms with van der Waals surface area (Å²) in [5.41, 5.74) is 4.44. The zero-order chi connectivity index (χ0) is 18.2. The third-order valence-corrected chi connectivity index (χ3v) is 6.04. The molecular weight excluding hydrogens is 342 g/mol. The fourth-order valence-corrected chi connectivity index (χ4v) is 4.64. The van der Waals surface area contributed by atoms with Gasteiger partial charge in [-0.15, -0.1) is 0 Å². The van der Waals surface area contributed by atoms with Crippen LogP contribution in [-0.2, 0) is 37.2 Å². The summed E-state index contributed by atoms with van der Waals surface area (Å²) >= 11 is 0. The predicted molar refractivity (Wildman–Crippen MR) is 101 cm³/mol. The molecule has 0 radical (unpaired) electrons. The lowest BCUT2D eigenvalue weighted by Gasteiger charge is -2.29. The number of rotatable bonds is 3. The molecule has 1 fully saturated rings. The van der Waals surface area contributed by atoms with E-state index in [0.717, 1.165) is 55.7 Å². The number of fused-ring (bicyclic) bond motifs is 2. The quantitative estimate of drug-likeness (QED) is 0.821.